The summed E-state index contributed by atoms with van der Waals surface area (Å²) in [5.41, 5.74) is 16.5. The van der Waals surface area contributed by atoms with Gasteiger partial charge in [-0.05, 0) is 12.8 Å². The smallest absolute Gasteiger partial charge is 0.377 e. The van der Waals surface area contributed by atoms with Crippen molar-refractivity contribution in [2.24, 2.45) is 17.2 Å². The molecule has 15 heavy (non-hydrogen) atoms. The lowest BCUT2D eigenvalue weighted by atomic mass is 10.3. The second-order valence-electron chi connectivity index (χ2n) is 3.55. The van der Waals surface area contributed by atoms with Crippen LogP contribution in [0.25, 0.3) is 0 Å². The first-order valence-electron chi connectivity index (χ1n) is 5.00. The number of hydrogen-bond acceptors (Lipinski definition) is 6. The second kappa shape index (κ2) is 6.54. The maximum absolute atomic E-state index is 5.60. The highest BCUT2D eigenvalue weighted by atomic mass is 28.4. The first kappa shape index (κ1) is 15.0. The lowest BCUT2D eigenvalue weighted by Crippen LogP contribution is -2.59. The van der Waals surface area contributed by atoms with E-state index < -0.39 is 14.6 Å². The molecule has 92 valence electrons. The third kappa shape index (κ3) is 6.20. The van der Waals surface area contributed by atoms with Gasteiger partial charge in [-0.3, -0.25) is 0 Å². The molecule has 6 nitrogen and oxygen atoms in total. The lowest BCUT2D eigenvalue weighted by Gasteiger charge is -2.29. The molecule has 0 heterocycles. The van der Waals surface area contributed by atoms with Gasteiger partial charge in [0.1, 0.15) is 5.79 Å². The zero-order valence-corrected chi connectivity index (χ0v) is 10.8. The Morgan fingerprint density at radius 2 is 1.67 bits per heavy atom. The molecule has 0 rings (SSSR count). The Balaban J connectivity index is 4.23. The fourth-order valence-corrected chi connectivity index (χ4v) is 3.31. The van der Waals surface area contributed by atoms with Crippen LogP contribution in [0.2, 0.25) is 6.04 Å². The summed E-state index contributed by atoms with van der Waals surface area (Å²) in [5, 5.41) is 0. The topological polar surface area (TPSA) is 106 Å². The van der Waals surface area contributed by atoms with Crippen molar-refractivity contribution in [3.63, 3.8) is 0 Å². The Bertz CT molecular complexity index is 171. The molecule has 0 amide bonds. The standard InChI is InChI=1S/C8H23N3O3Si/c1-4-6-14-15(12-2,13-3)7-5-8(9,10)11/h4-7,9-11H2,1-3H3. The summed E-state index contributed by atoms with van der Waals surface area (Å²) in [4.78, 5) is 0. The third-order valence-corrected chi connectivity index (χ3v) is 4.76. The summed E-state index contributed by atoms with van der Waals surface area (Å²) < 4.78 is 16.2. The van der Waals surface area contributed by atoms with Crippen LogP contribution in [0.3, 0.4) is 0 Å². The summed E-state index contributed by atoms with van der Waals surface area (Å²) in [6, 6.07) is 0.517. The fourth-order valence-electron chi connectivity index (χ4n) is 1.10. The zero-order chi connectivity index (χ0) is 11.9. The van der Waals surface area contributed by atoms with Gasteiger partial charge in [0.25, 0.3) is 0 Å². The van der Waals surface area contributed by atoms with Gasteiger partial charge < -0.3 is 30.5 Å². The average Bonchev–Trinajstić information content (AvgIpc) is 2.18. The molecule has 0 aromatic heterocycles. The van der Waals surface area contributed by atoms with Gasteiger partial charge in [0, 0.05) is 26.9 Å². The monoisotopic (exact) mass is 237 g/mol. The molecular weight excluding hydrogens is 214 g/mol. The van der Waals surface area contributed by atoms with E-state index in [-0.39, 0.29) is 0 Å². The summed E-state index contributed by atoms with van der Waals surface area (Å²) in [6.07, 6.45) is 1.30. The molecule has 0 bridgehead atoms. The van der Waals surface area contributed by atoms with E-state index in [4.69, 9.17) is 30.5 Å². The highest BCUT2D eigenvalue weighted by molar-refractivity contribution is 6.60. The largest absolute Gasteiger partial charge is 0.500 e. The maximum atomic E-state index is 5.60. The van der Waals surface area contributed by atoms with Crippen LogP contribution in [0, 0.1) is 0 Å². The minimum atomic E-state index is -2.61. The summed E-state index contributed by atoms with van der Waals surface area (Å²) >= 11 is 0. The molecule has 0 radical (unpaired) electrons. The number of rotatable bonds is 8. The molecule has 0 aliphatic heterocycles. The molecule has 7 heteroatoms. The van der Waals surface area contributed by atoms with Crippen molar-refractivity contribution in [3.8, 4) is 0 Å². The van der Waals surface area contributed by atoms with Gasteiger partial charge in [0.2, 0.25) is 0 Å². The van der Waals surface area contributed by atoms with Crippen LogP contribution in [0.5, 0.6) is 0 Å². The molecule has 0 aliphatic rings. The molecule has 0 saturated heterocycles. The van der Waals surface area contributed by atoms with E-state index in [0.717, 1.165) is 6.42 Å². The van der Waals surface area contributed by atoms with E-state index in [1.165, 1.54) is 0 Å². The Morgan fingerprint density at radius 3 is 2.00 bits per heavy atom. The van der Waals surface area contributed by atoms with Crippen LogP contribution >= 0.6 is 0 Å². The van der Waals surface area contributed by atoms with Crippen molar-refractivity contribution in [1.82, 2.24) is 0 Å². The Morgan fingerprint density at radius 1 is 1.13 bits per heavy atom. The normalized spacial score (nSPS) is 13.2. The van der Waals surface area contributed by atoms with Gasteiger partial charge in [-0.2, -0.15) is 0 Å². The second-order valence-corrected chi connectivity index (χ2v) is 6.52. The van der Waals surface area contributed by atoms with Crippen LogP contribution in [-0.2, 0) is 13.3 Å². The Labute approximate surface area is 92.4 Å². The molecule has 0 aliphatic carbocycles. The van der Waals surface area contributed by atoms with Crippen LogP contribution < -0.4 is 17.2 Å². The maximum Gasteiger partial charge on any atom is 0.500 e. The molecule has 0 saturated carbocycles. The summed E-state index contributed by atoms with van der Waals surface area (Å²) in [5.74, 6) is -1.20. The van der Waals surface area contributed by atoms with E-state index in [2.05, 4.69) is 0 Å². The van der Waals surface area contributed by atoms with Gasteiger partial charge in [-0.25, -0.2) is 0 Å². The zero-order valence-electron chi connectivity index (χ0n) is 9.79. The van der Waals surface area contributed by atoms with Gasteiger partial charge in [-0.15, -0.1) is 0 Å². The van der Waals surface area contributed by atoms with Crippen molar-refractivity contribution in [1.29, 1.82) is 0 Å². The minimum Gasteiger partial charge on any atom is -0.377 e. The predicted molar refractivity (Wildman–Crippen MR) is 60.7 cm³/mol. The van der Waals surface area contributed by atoms with Crippen molar-refractivity contribution in [3.05, 3.63) is 0 Å². The lowest BCUT2D eigenvalue weighted by molar-refractivity contribution is 0.0957. The van der Waals surface area contributed by atoms with Crippen LogP contribution in [0.15, 0.2) is 0 Å². The molecule has 0 fully saturated rings. The Hall–Kier alpha value is -0.0231. The number of hydrogen-bond donors (Lipinski definition) is 3. The summed E-state index contributed by atoms with van der Waals surface area (Å²) in [7, 11) is 0.518. The first-order valence-corrected chi connectivity index (χ1v) is 6.93. The van der Waals surface area contributed by atoms with Crippen LogP contribution in [0.4, 0.5) is 0 Å². The molecule has 0 spiro atoms. The van der Waals surface area contributed by atoms with E-state index >= 15 is 0 Å². The molecule has 0 unspecified atom stereocenters. The molecule has 6 N–H and O–H groups in total. The highest BCUT2D eigenvalue weighted by Crippen LogP contribution is 2.17. The average molecular weight is 237 g/mol. The van der Waals surface area contributed by atoms with Gasteiger partial charge in [-0.1, -0.05) is 6.92 Å². The molecule has 0 aromatic carbocycles. The predicted octanol–water partition coefficient (Wildman–Crippen LogP) is -0.435. The van der Waals surface area contributed by atoms with Gasteiger partial charge in [0.05, 0.1) is 0 Å². The van der Waals surface area contributed by atoms with Gasteiger partial charge in [0.15, 0.2) is 0 Å². The van der Waals surface area contributed by atoms with Crippen molar-refractivity contribution >= 4 is 8.80 Å². The van der Waals surface area contributed by atoms with Crippen LogP contribution in [0.1, 0.15) is 19.8 Å². The van der Waals surface area contributed by atoms with E-state index in [1.54, 1.807) is 14.2 Å². The first-order chi connectivity index (χ1) is 6.89. The Kier molecular flexibility index (Phi) is 6.53. The van der Waals surface area contributed by atoms with Crippen LogP contribution in [-0.4, -0.2) is 35.4 Å². The van der Waals surface area contributed by atoms with Crippen molar-refractivity contribution in [2.75, 3.05) is 20.8 Å². The van der Waals surface area contributed by atoms with Gasteiger partial charge >= 0.3 is 8.80 Å². The van der Waals surface area contributed by atoms with E-state index in [9.17, 15) is 0 Å². The summed E-state index contributed by atoms with van der Waals surface area (Å²) in [6.45, 7) is 2.62. The van der Waals surface area contributed by atoms with Crippen molar-refractivity contribution in [2.45, 2.75) is 31.6 Å². The molecular formula is C8H23N3O3Si. The minimum absolute atomic E-state index is 0.393. The quantitative estimate of drug-likeness (QED) is 0.390. The number of nitrogens with two attached hydrogens (primary N) is 3. The van der Waals surface area contributed by atoms with E-state index in [1.807, 2.05) is 6.92 Å². The van der Waals surface area contributed by atoms with E-state index in [0.29, 0.717) is 19.1 Å². The highest BCUT2D eigenvalue weighted by Gasteiger charge is 2.39. The third-order valence-electron chi connectivity index (χ3n) is 2.01. The SMILES string of the molecule is CCCO[Si](CCC(N)(N)N)(OC)OC. The van der Waals surface area contributed by atoms with Crippen molar-refractivity contribution < 1.29 is 13.3 Å². The molecule has 0 aromatic rings. The fraction of sp³-hybridized carbons (Fsp3) is 1.00. The molecule has 0 atom stereocenters.